The molecule has 0 unspecified atom stereocenters. The van der Waals surface area contributed by atoms with Gasteiger partial charge in [0.1, 0.15) is 0 Å². The maximum atomic E-state index is 11.3. The highest BCUT2D eigenvalue weighted by molar-refractivity contribution is 6.31. The molecule has 0 atom stereocenters. The van der Waals surface area contributed by atoms with E-state index in [1.165, 1.54) is 6.07 Å². The summed E-state index contributed by atoms with van der Waals surface area (Å²) in [5.41, 5.74) is 0.983. The molecule has 0 spiro atoms. The first-order chi connectivity index (χ1) is 8.63. The van der Waals surface area contributed by atoms with Gasteiger partial charge in [-0.2, -0.15) is 0 Å². The molecule has 1 saturated carbocycles. The molecule has 98 valence electrons. The molecule has 1 aromatic rings. The lowest BCUT2D eigenvalue weighted by Crippen LogP contribution is -2.30. The molecule has 1 aliphatic rings. The number of anilines is 1. The van der Waals surface area contributed by atoms with Gasteiger partial charge >= 0.3 is 5.97 Å². The molecule has 0 aliphatic heterocycles. The number of rotatable bonds is 6. The molecule has 0 saturated heterocycles. The van der Waals surface area contributed by atoms with Crippen molar-refractivity contribution in [2.75, 3.05) is 25.2 Å². The van der Waals surface area contributed by atoms with Crippen molar-refractivity contribution in [2.45, 2.75) is 18.9 Å². The van der Waals surface area contributed by atoms with Crippen LogP contribution in [0.2, 0.25) is 5.02 Å². The molecular formula is C13H16ClNO3. The van der Waals surface area contributed by atoms with Gasteiger partial charge in [-0.05, 0) is 31.0 Å². The van der Waals surface area contributed by atoms with Crippen LogP contribution in [0.15, 0.2) is 18.2 Å². The Morgan fingerprint density at radius 3 is 2.83 bits per heavy atom. The first-order valence-electron chi connectivity index (χ1n) is 5.92. The Hall–Kier alpha value is -1.26. The SMILES string of the molecule is COCCN(c1ccc(Cl)cc1C(=O)O)C1CC1. The first-order valence-corrected chi connectivity index (χ1v) is 6.29. The number of hydrogen-bond donors (Lipinski definition) is 1. The van der Waals surface area contributed by atoms with Crippen LogP contribution in [0.4, 0.5) is 5.69 Å². The zero-order valence-corrected chi connectivity index (χ0v) is 11.0. The van der Waals surface area contributed by atoms with Gasteiger partial charge in [0.15, 0.2) is 0 Å². The Morgan fingerprint density at radius 1 is 1.56 bits per heavy atom. The van der Waals surface area contributed by atoms with Gasteiger partial charge in [0.05, 0.1) is 17.9 Å². The molecule has 1 fully saturated rings. The van der Waals surface area contributed by atoms with Crippen LogP contribution < -0.4 is 4.90 Å². The van der Waals surface area contributed by atoms with Gasteiger partial charge < -0.3 is 14.7 Å². The van der Waals surface area contributed by atoms with Gasteiger partial charge in [-0.1, -0.05) is 11.6 Å². The Balaban J connectivity index is 2.30. The predicted molar refractivity (Wildman–Crippen MR) is 70.7 cm³/mol. The summed E-state index contributed by atoms with van der Waals surface area (Å²) in [6, 6.07) is 5.44. The molecular weight excluding hydrogens is 254 g/mol. The lowest BCUT2D eigenvalue weighted by molar-refractivity contribution is 0.0697. The van der Waals surface area contributed by atoms with Gasteiger partial charge in [-0.3, -0.25) is 0 Å². The van der Waals surface area contributed by atoms with E-state index in [0.717, 1.165) is 18.5 Å². The van der Waals surface area contributed by atoms with E-state index in [1.54, 1.807) is 19.2 Å². The third-order valence-electron chi connectivity index (χ3n) is 3.02. The average Bonchev–Trinajstić information content (AvgIpc) is 3.15. The summed E-state index contributed by atoms with van der Waals surface area (Å²) in [5.74, 6) is -0.949. The topological polar surface area (TPSA) is 49.8 Å². The fraction of sp³-hybridized carbons (Fsp3) is 0.462. The third kappa shape index (κ3) is 2.94. The summed E-state index contributed by atoms with van der Waals surface area (Å²) < 4.78 is 5.08. The zero-order valence-electron chi connectivity index (χ0n) is 10.2. The van der Waals surface area contributed by atoms with Crippen LogP contribution in [0.25, 0.3) is 0 Å². The molecule has 0 heterocycles. The molecule has 0 aromatic heterocycles. The van der Waals surface area contributed by atoms with E-state index in [0.29, 0.717) is 24.2 Å². The van der Waals surface area contributed by atoms with E-state index < -0.39 is 5.97 Å². The first kappa shape index (κ1) is 13.2. The van der Waals surface area contributed by atoms with Gasteiger partial charge in [-0.25, -0.2) is 4.79 Å². The summed E-state index contributed by atoms with van der Waals surface area (Å²) in [4.78, 5) is 13.4. The van der Waals surface area contributed by atoms with Crippen LogP contribution in [0, 0.1) is 0 Å². The van der Waals surface area contributed by atoms with Crippen molar-refractivity contribution < 1.29 is 14.6 Å². The lowest BCUT2D eigenvalue weighted by atomic mass is 10.1. The maximum Gasteiger partial charge on any atom is 0.337 e. The number of carboxylic acids is 1. The summed E-state index contributed by atoms with van der Waals surface area (Å²) >= 11 is 5.86. The molecule has 18 heavy (non-hydrogen) atoms. The van der Waals surface area contributed by atoms with E-state index in [2.05, 4.69) is 4.90 Å². The molecule has 0 amide bonds. The Kier molecular flexibility index (Phi) is 4.09. The number of methoxy groups -OCH3 is 1. The zero-order chi connectivity index (χ0) is 13.1. The molecule has 1 N–H and O–H groups in total. The number of benzene rings is 1. The summed E-state index contributed by atoms with van der Waals surface area (Å²) in [6.07, 6.45) is 2.21. The highest BCUT2D eigenvalue weighted by Gasteiger charge is 2.31. The molecule has 0 radical (unpaired) electrons. The average molecular weight is 270 g/mol. The van der Waals surface area contributed by atoms with Gasteiger partial charge in [-0.15, -0.1) is 0 Å². The number of carbonyl (C=O) groups is 1. The number of carboxylic acid groups (broad SMARTS) is 1. The smallest absolute Gasteiger partial charge is 0.337 e. The van der Waals surface area contributed by atoms with Gasteiger partial charge in [0.25, 0.3) is 0 Å². The highest BCUT2D eigenvalue weighted by Crippen LogP contribution is 2.34. The largest absolute Gasteiger partial charge is 0.478 e. The van der Waals surface area contributed by atoms with Gasteiger partial charge in [0, 0.05) is 24.7 Å². The summed E-state index contributed by atoms with van der Waals surface area (Å²) in [5, 5.41) is 9.69. The van der Waals surface area contributed by atoms with Crippen LogP contribution in [-0.4, -0.2) is 37.4 Å². The molecule has 0 bridgehead atoms. The van der Waals surface area contributed by atoms with E-state index in [4.69, 9.17) is 16.3 Å². The normalized spacial score (nSPS) is 14.6. The minimum absolute atomic E-state index is 0.255. The monoisotopic (exact) mass is 269 g/mol. The van der Waals surface area contributed by atoms with Crippen molar-refractivity contribution >= 4 is 23.3 Å². The molecule has 5 heteroatoms. The fourth-order valence-corrected chi connectivity index (χ4v) is 2.18. The van der Waals surface area contributed by atoms with Crippen molar-refractivity contribution in [2.24, 2.45) is 0 Å². The maximum absolute atomic E-state index is 11.3. The van der Waals surface area contributed by atoms with E-state index in [-0.39, 0.29) is 5.56 Å². The van der Waals surface area contributed by atoms with Crippen molar-refractivity contribution in [1.82, 2.24) is 0 Å². The van der Waals surface area contributed by atoms with Crippen LogP contribution in [0.5, 0.6) is 0 Å². The number of halogens is 1. The number of ether oxygens (including phenoxy) is 1. The minimum Gasteiger partial charge on any atom is -0.478 e. The molecule has 2 rings (SSSR count). The quantitative estimate of drug-likeness (QED) is 0.863. The number of nitrogens with zero attached hydrogens (tertiary/aromatic N) is 1. The number of hydrogen-bond acceptors (Lipinski definition) is 3. The van der Waals surface area contributed by atoms with Crippen molar-refractivity contribution in [3.8, 4) is 0 Å². The van der Waals surface area contributed by atoms with Crippen LogP contribution in [0.3, 0.4) is 0 Å². The number of aromatic carboxylic acids is 1. The molecule has 4 nitrogen and oxygen atoms in total. The fourth-order valence-electron chi connectivity index (χ4n) is 2.01. The minimum atomic E-state index is -0.949. The lowest BCUT2D eigenvalue weighted by Gasteiger charge is -2.26. The standard InChI is InChI=1S/C13H16ClNO3/c1-18-7-6-15(10-3-4-10)12-5-2-9(14)8-11(12)13(16)17/h2,5,8,10H,3-4,6-7H2,1H3,(H,16,17). The Bertz CT molecular complexity index is 446. The third-order valence-corrected chi connectivity index (χ3v) is 3.26. The van der Waals surface area contributed by atoms with Crippen LogP contribution in [0.1, 0.15) is 23.2 Å². The van der Waals surface area contributed by atoms with Crippen molar-refractivity contribution in [1.29, 1.82) is 0 Å². The second-order valence-electron chi connectivity index (χ2n) is 4.38. The van der Waals surface area contributed by atoms with Crippen LogP contribution in [-0.2, 0) is 4.74 Å². The summed E-state index contributed by atoms with van der Waals surface area (Å²) in [6.45, 7) is 1.28. The van der Waals surface area contributed by atoms with E-state index >= 15 is 0 Å². The van der Waals surface area contributed by atoms with Crippen molar-refractivity contribution in [3.05, 3.63) is 28.8 Å². The molecule has 1 aromatic carbocycles. The predicted octanol–water partition coefficient (Wildman–Crippen LogP) is 2.65. The van der Waals surface area contributed by atoms with Crippen LogP contribution >= 0.6 is 11.6 Å². The van der Waals surface area contributed by atoms with E-state index in [9.17, 15) is 9.90 Å². The highest BCUT2D eigenvalue weighted by atomic mass is 35.5. The van der Waals surface area contributed by atoms with Gasteiger partial charge in [0.2, 0.25) is 0 Å². The molecule has 1 aliphatic carbocycles. The second-order valence-corrected chi connectivity index (χ2v) is 4.82. The second kappa shape index (κ2) is 5.59. The van der Waals surface area contributed by atoms with E-state index in [1.807, 2.05) is 0 Å². The Morgan fingerprint density at radius 2 is 2.28 bits per heavy atom. The summed E-state index contributed by atoms with van der Waals surface area (Å²) in [7, 11) is 1.64. The Labute approximate surface area is 111 Å². The van der Waals surface area contributed by atoms with Crippen molar-refractivity contribution in [3.63, 3.8) is 0 Å².